The van der Waals surface area contributed by atoms with Crippen molar-refractivity contribution in [1.29, 1.82) is 0 Å². The van der Waals surface area contributed by atoms with Crippen LogP contribution in [0.25, 0.3) is 0 Å². The molecule has 1 aliphatic rings. The van der Waals surface area contributed by atoms with Gasteiger partial charge in [0.15, 0.2) is 0 Å². The third-order valence-corrected chi connectivity index (χ3v) is 2.57. The molecule has 5 heteroatoms. The predicted molar refractivity (Wildman–Crippen MR) is 61.0 cm³/mol. The molecule has 1 saturated heterocycles. The molecule has 1 N–H and O–H groups in total. The molecule has 0 amide bonds. The van der Waals surface area contributed by atoms with E-state index in [0.29, 0.717) is 0 Å². The Morgan fingerprint density at radius 1 is 1.56 bits per heavy atom. The summed E-state index contributed by atoms with van der Waals surface area (Å²) in [4.78, 5) is 10.5. The zero-order chi connectivity index (χ0) is 11.2. The Hall–Kier alpha value is -1.04. The molecule has 2 rings (SSSR count). The molecule has 0 spiro atoms. The van der Waals surface area contributed by atoms with Gasteiger partial charge in [-0.15, -0.1) is 0 Å². The Labute approximate surface area is 95.8 Å². The van der Waals surface area contributed by atoms with Crippen LogP contribution in [0.3, 0.4) is 0 Å². The van der Waals surface area contributed by atoms with Crippen molar-refractivity contribution >= 4 is 0 Å². The highest BCUT2D eigenvalue weighted by atomic mass is 16.5. The Kier molecular flexibility index (Phi) is 4.21. The molecular weight excluding hydrogens is 204 g/mol. The summed E-state index contributed by atoms with van der Waals surface area (Å²) in [5.41, 5.74) is 0.994. The van der Waals surface area contributed by atoms with Gasteiger partial charge in [-0.2, -0.15) is 0 Å². The van der Waals surface area contributed by atoms with Crippen LogP contribution in [0.15, 0.2) is 18.6 Å². The molecule has 1 aliphatic heterocycles. The Balaban J connectivity index is 1.77. The summed E-state index contributed by atoms with van der Waals surface area (Å²) in [6.07, 6.45) is 5.51. The normalized spacial score (nSPS) is 21.2. The molecule has 1 unspecified atom stereocenters. The lowest BCUT2D eigenvalue weighted by Crippen LogP contribution is -2.44. The van der Waals surface area contributed by atoms with Crippen molar-refractivity contribution in [3.63, 3.8) is 0 Å². The molecule has 1 aromatic heterocycles. The van der Waals surface area contributed by atoms with Crippen molar-refractivity contribution in [2.45, 2.75) is 12.6 Å². The van der Waals surface area contributed by atoms with E-state index in [1.165, 1.54) is 0 Å². The fourth-order valence-corrected chi connectivity index (χ4v) is 1.84. The van der Waals surface area contributed by atoms with Gasteiger partial charge in [-0.05, 0) is 7.05 Å². The van der Waals surface area contributed by atoms with E-state index in [0.717, 1.165) is 38.5 Å². The maximum absolute atomic E-state index is 5.65. The number of morpholine rings is 1. The average Bonchev–Trinajstić information content (AvgIpc) is 2.31. The molecule has 0 radical (unpaired) electrons. The summed E-state index contributed by atoms with van der Waals surface area (Å²) >= 11 is 0. The Morgan fingerprint density at radius 3 is 3.19 bits per heavy atom. The molecule has 16 heavy (non-hydrogen) atoms. The Morgan fingerprint density at radius 2 is 2.50 bits per heavy atom. The molecule has 1 aromatic rings. The van der Waals surface area contributed by atoms with Crippen LogP contribution in [-0.4, -0.2) is 54.3 Å². The maximum Gasteiger partial charge on any atom is 0.0826 e. The highest BCUT2D eigenvalue weighted by Crippen LogP contribution is 2.02. The van der Waals surface area contributed by atoms with E-state index in [9.17, 15) is 0 Å². The van der Waals surface area contributed by atoms with Gasteiger partial charge in [0.05, 0.1) is 18.4 Å². The smallest absolute Gasteiger partial charge is 0.0826 e. The number of ether oxygens (including phenoxy) is 1. The van der Waals surface area contributed by atoms with Crippen molar-refractivity contribution in [1.82, 2.24) is 20.2 Å². The molecule has 0 saturated carbocycles. The van der Waals surface area contributed by atoms with E-state index in [1.54, 1.807) is 18.6 Å². The molecule has 1 fully saturated rings. The van der Waals surface area contributed by atoms with E-state index < -0.39 is 0 Å². The third-order valence-electron chi connectivity index (χ3n) is 2.57. The number of likely N-dealkylation sites (N-methyl/N-ethyl adjacent to an activating group) is 1. The summed E-state index contributed by atoms with van der Waals surface area (Å²) in [6.45, 7) is 4.44. The second-order valence-corrected chi connectivity index (χ2v) is 4.09. The first-order valence-electron chi connectivity index (χ1n) is 5.60. The molecule has 5 nitrogen and oxygen atoms in total. The SMILES string of the molecule is CN(Cc1cnccn1)CC1CNCCO1. The van der Waals surface area contributed by atoms with Gasteiger partial charge in [-0.25, -0.2) is 0 Å². The second-order valence-electron chi connectivity index (χ2n) is 4.09. The fourth-order valence-electron chi connectivity index (χ4n) is 1.84. The highest BCUT2D eigenvalue weighted by molar-refractivity contribution is 4.94. The predicted octanol–water partition coefficient (Wildman–Crippen LogP) is -0.103. The second kappa shape index (κ2) is 5.89. The van der Waals surface area contributed by atoms with Crippen LogP contribution < -0.4 is 5.32 Å². The summed E-state index contributed by atoms with van der Waals surface area (Å²) in [7, 11) is 2.08. The lowest BCUT2D eigenvalue weighted by molar-refractivity contribution is 0.00866. The molecule has 2 heterocycles. The summed E-state index contributed by atoms with van der Waals surface area (Å²) in [6, 6.07) is 0. The first-order valence-corrected chi connectivity index (χ1v) is 5.60. The summed E-state index contributed by atoms with van der Waals surface area (Å²) in [5.74, 6) is 0. The molecule has 88 valence electrons. The minimum atomic E-state index is 0.287. The quantitative estimate of drug-likeness (QED) is 0.771. The minimum absolute atomic E-state index is 0.287. The van der Waals surface area contributed by atoms with Crippen LogP contribution in [0.2, 0.25) is 0 Å². The van der Waals surface area contributed by atoms with Gasteiger partial charge in [-0.3, -0.25) is 14.9 Å². The van der Waals surface area contributed by atoms with Crippen molar-refractivity contribution in [2.75, 3.05) is 33.3 Å². The van der Waals surface area contributed by atoms with E-state index >= 15 is 0 Å². The molecule has 1 atom stereocenters. The first kappa shape index (κ1) is 11.4. The highest BCUT2D eigenvalue weighted by Gasteiger charge is 2.15. The number of hydrogen-bond donors (Lipinski definition) is 1. The number of nitrogens with zero attached hydrogens (tertiary/aromatic N) is 3. The summed E-state index contributed by atoms with van der Waals surface area (Å²) < 4.78 is 5.65. The molecular formula is C11H18N4O. The topological polar surface area (TPSA) is 50.3 Å². The third kappa shape index (κ3) is 3.52. The van der Waals surface area contributed by atoms with Crippen LogP contribution >= 0.6 is 0 Å². The summed E-state index contributed by atoms with van der Waals surface area (Å²) in [5, 5.41) is 3.32. The van der Waals surface area contributed by atoms with Crippen LogP contribution in [0.4, 0.5) is 0 Å². The molecule has 0 aromatic carbocycles. The van der Waals surface area contributed by atoms with Crippen LogP contribution in [0.1, 0.15) is 5.69 Å². The van der Waals surface area contributed by atoms with Gasteiger partial charge < -0.3 is 10.1 Å². The lowest BCUT2D eigenvalue weighted by Gasteiger charge is -2.27. The van der Waals surface area contributed by atoms with E-state index in [1.807, 2.05) is 0 Å². The van der Waals surface area contributed by atoms with Crippen LogP contribution in [-0.2, 0) is 11.3 Å². The van der Waals surface area contributed by atoms with E-state index in [-0.39, 0.29) is 6.10 Å². The number of aromatic nitrogens is 2. The minimum Gasteiger partial charge on any atom is -0.374 e. The Bertz CT molecular complexity index is 300. The average molecular weight is 222 g/mol. The number of rotatable bonds is 4. The lowest BCUT2D eigenvalue weighted by atomic mass is 10.3. The maximum atomic E-state index is 5.65. The first-order chi connectivity index (χ1) is 7.84. The van der Waals surface area contributed by atoms with Crippen molar-refractivity contribution in [3.8, 4) is 0 Å². The zero-order valence-electron chi connectivity index (χ0n) is 9.59. The van der Waals surface area contributed by atoms with Crippen molar-refractivity contribution in [2.24, 2.45) is 0 Å². The van der Waals surface area contributed by atoms with Crippen molar-refractivity contribution < 1.29 is 4.74 Å². The number of nitrogens with one attached hydrogen (secondary N) is 1. The van der Waals surface area contributed by atoms with Gasteiger partial charge in [0, 0.05) is 44.8 Å². The monoisotopic (exact) mass is 222 g/mol. The van der Waals surface area contributed by atoms with Crippen LogP contribution in [0.5, 0.6) is 0 Å². The molecule has 0 bridgehead atoms. The van der Waals surface area contributed by atoms with Gasteiger partial charge in [-0.1, -0.05) is 0 Å². The molecule has 0 aliphatic carbocycles. The van der Waals surface area contributed by atoms with E-state index in [4.69, 9.17) is 4.74 Å². The van der Waals surface area contributed by atoms with E-state index in [2.05, 4.69) is 27.2 Å². The van der Waals surface area contributed by atoms with Gasteiger partial charge >= 0.3 is 0 Å². The van der Waals surface area contributed by atoms with Gasteiger partial charge in [0.1, 0.15) is 0 Å². The number of hydrogen-bond acceptors (Lipinski definition) is 5. The standard InChI is InChI=1S/C11H18N4O/c1-15(8-10-6-12-2-3-14-10)9-11-7-13-4-5-16-11/h2-3,6,11,13H,4-5,7-9H2,1H3. The van der Waals surface area contributed by atoms with Crippen molar-refractivity contribution in [3.05, 3.63) is 24.3 Å². The van der Waals surface area contributed by atoms with Crippen LogP contribution in [0, 0.1) is 0 Å². The fraction of sp³-hybridized carbons (Fsp3) is 0.636. The van der Waals surface area contributed by atoms with Gasteiger partial charge in [0.2, 0.25) is 0 Å². The van der Waals surface area contributed by atoms with Gasteiger partial charge in [0.25, 0.3) is 0 Å². The largest absolute Gasteiger partial charge is 0.374 e. The zero-order valence-corrected chi connectivity index (χ0v) is 9.59.